The predicted octanol–water partition coefficient (Wildman–Crippen LogP) is 2.83. The molecule has 0 aliphatic rings. The fourth-order valence-corrected chi connectivity index (χ4v) is 2.99. The van der Waals surface area contributed by atoms with Crippen LogP contribution >= 0.6 is 11.6 Å². The molecule has 154 valence electrons. The summed E-state index contributed by atoms with van der Waals surface area (Å²) in [6.07, 6.45) is 2.71. The molecule has 3 rings (SSSR count). The number of nitrogens with zero attached hydrogens (tertiary/aromatic N) is 5. The van der Waals surface area contributed by atoms with Crippen molar-refractivity contribution in [3.8, 4) is 0 Å². The van der Waals surface area contributed by atoms with Crippen molar-refractivity contribution >= 4 is 40.4 Å². The van der Waals surface area contributed by atoms with Crippen molar-refractivity contribution in [2.45, 2.75) is 25.9 Å². The zero-order valence-electron chi connectivity index (χ0n) is 16.4. The molecule has 0 aliphatic heterocycles. The number of carbonyl (C=O) groups excluding carboxylic acids is 1. The van der Waals surface area contributed by atoms with E-state index in [2.05, 4.69) is 20.3 Å². The van der Waals surface area contributed by atoms with E-state index in [9.17, 15) is 4.79 Å². The maximum atomic E-state index is 11.9. The summed E-state index contributed by atoms with van der Waals surface area (Å²) in [6.45, 7) is 1.41. The number of aryl methyl sites for hydroxylation is 1. The van der Waals surface area contributed by atoms with Crippen LogP contribution in [0.1, 0.15) is 18.4 Å². The van der Waals surface area contributed by atoms with Gasteiger partial charge < -0.3 is 25.3 Å². The number of alkyl carbamates (subject to hydrolysis) is 1. The molecule has 0 unspecified atom stereocenters. The van der Waals surface area contributed by atoms with Crippen molar-refractivity contribution in [3.05, 3.63) is 41.4 Å². The van der Waals surface area contributed by atoms with Gasteiger partial charge in [0.05, 0.1) is 12.9 Å². The Labute approximate surface area is 173 Å². The van der Waals surface area contributed by atoms with Gasteiger partial charge in [0.2, 0.25) is 5.28 Å². The van der Waals surface area contributed by atoms with Gasteiger partial charge in [-0.25, -0.2) is 9.78 Å². The minimum Gasteiger partial charge on any atom is -0.450 e. The molecule has 29 heavy (non-hydrogen) atoms. The highest BCUT2D eigenvalue weighted by molar-refractivity contribution is 6.28. The monoisotopic (exact) mass is 417 g/mol. The third-order valence-electron chi connectivity index (χ3n) is 4.35. The minimum atomic E-state index is -0.430. The van der Waals surface area contributed by atoms with Gasteiger partial charge in [-0.3, -0.25) is 0 Å². The summed E-state index contributed by atoms with van der Waals surface area (Å²) in [4.78, 5) is 26.2. The molecule has 0 fully saturated rings. The number of halogens is 1. The number of anilines is 2. The number of fused-ring (bicyclic) bond motifs is 1. The minimum absolute atomic E-state index is 0.0906. The maximum Gasteiger partial charge on any atom is 0.407 e. The van der Waals surface area contributed by atoms with Crippen molar-refractivity contribution in [1.82, 2.24) is 24.8 Å². The molecular weight excluding hydrogens is 394 g/mol. The van der Waals surface area contributed by atoms with Crippen LogP contribution < -0.4 is 16.0 Å². The number of benzene rings is 1. The average Bonchev–Trinajstić information content (AvgIpc) is 3.09. The van der Waals surface area contributed by atoms with Crippen LogP contribution in [0.4, 0.5) is 16.3 Å². The van der Waals surface area contributed by atoms with Gasteiger partial charge in [-0.15, -0.1) is 0 Å². The zero-order chi connectivity index (χ0) is 20.8. The van der Waals surface area contributed by atoms with E-state index in [1.807, 2.05) is 47.8 Å². The number of rotatable bonds is 8. The van der Waals surface area contributed by atoms with E-state index >= 15 is 0 Å². The molecular formula is C19H24ClN7O2. The molecule has 0 bridgehead atoms. The molecule has 0 saturated heterocycles. The highest BCUT2D eigenvalue weighted by Gasteiger charge is 2.10. The largest absolute Gasteiger partial charge is 0.450 e. The van der Waals surface area contributed by atoms with Crippen LogP contribution in [0.2, 0.25) is 5.28 Å². The first-order valence-electron chi connectivity index (χ1n) is 9.25. The van der Waals surface area contributed by atoms with Gasteiger partial charge in [-0.1, -0.05) is 12.1 Å². The smallest absolute Gasteiger partial charge is 0.407 e. The number of hydrogen-bond acceptors (Lipinski definition) is 7. The molecule has 3 N–H and O–H groups in total. The van der Waals surface area contributed by atoms with E-state index in [4.69, 9.17) is 22.1 Å². The van der Waals surface area contributed by atoms with Gasteiger partial charge in [-0.05, 0) is 42.1 Å². The number of nitrogens with two attached hydrogens (primary N) is 1. The van der Waals surface area contributed by atoms with Crippen molar-refractivity contribution in [2.75, 3.05) is 31.3 Å². The lowest BCUT2D eigenvalue weighted by molar-refractivity contribution is 0.143. The molecule has 3 aromatic rings. The summed E-state index contributed by atoms with van der Waals surface area (Å²) in [5.74, 6) is 0.259. The van der Waals surface area contributed by atoms with Gasteiger partial charge in [0.25, 0.3) is 0 Å². The second kappa shape index (κ2) is 9.42. The predicted molar refractivity (Wildman–Crippen MR) is 113 cm³/mol. The summed E-state index contributed by atoms with van der Waals surface area (Å²) in [5, 5.41) is 2.86. The number of carbonyl (C=O) groups is 1. The highest BCUT2D eigenvalue weighted by Crippen LogP contribution is 2.18. The number of ether oxygens (including phenoxy) is 1. The van der Waals surface area contributed by atoms with E-state index < -0.39 is 6.09 Å². The molecule has 10 heteroatoms. The van der Waals surface area contributed by atoms with Crippen LogP contribution in [0.5, 0.6) is 0 Å². The first-order valence-corrected chi connectivity index (χ1v) is 9.62. The maximum absolute atomic E-state index is 11.9. The second-order valence-electron chi connectivity index (χ2n) is 6.75. The summed E-state index contributed by atoms with van der Waals surface area (Å²) in [7, 11) is 3.95. The van der Waals surface area contributed by atoms with E-state index in [1.54, 1.807) is 6.33 Å². The van der Waals surface area contributed by atoms with Gasteiger partial charge in [0.15, 0.2) is 11.5 Å². The first kappa shape index (κ1) is 20.7. The molecule has 1 amide bonds. The van der Waals surface area contributed by atoms with Crippen LogP contribution in [0.25, 0.3) is 11.2 Å². The highest BCUT2D eigenvalue weighted by atomic mass is 35.5. The van der Waals surface area contributed by atoms with Crippen molar-refractivity contribution < 1.29 is 9.53 Å². The van der Waals surface area contributed by atoms with Gasteiger partial charge in [0, 0.05) is 32.9 Å². The van der Waals surface area contributed by atoms with Crippen LogP contribution in [0.15, 0.2) is 30.6 Å². The molecule has 0 radical (unpaired) electrons. The Morgan fingerprint density at radius 3 is 2.93 bits per heavy atom. The summed E-state index contributed by atoms with van der Waals surface area (Å²) >= 11 is 5.86. The summed E-state index contributed by atoms with van der Waals surface area (Å²) in [5.41, 5.74) is 9.02. The number of unbranched alkanes of at least 4 members (excludes halogenated alkanes) is 1. The first-order chi connectivity index (χ1) is 13.9. The fraction of sp³-hybridized carbons (Fsp3) is 0.368. The Morgan fingerprint density at radius 2 is 2.14 bits per heavy atom. The SMILES string of the molecule is CN(C)c1cccc(CNC(=O)OCCCCn2cnc3c(N)nc(Cl)nc32)c1. The Morgan fingerprint density at radius 1 is 1.31 bits per heavy atom. The molecule has 9 nitrogen and oxygen atoms in total. The van der Waals surface area contributed by atoms with Crippen LogP contribution in [0, 0.1) is 0 Å². The fourth-order valence-electron chi connectivity index (χ4n) is 2.82. The molecule has 0 saturated carbocycles. The average molecular weight is 418 g/mol. The Hall–Kier alpha value is -3.07. The number of hydrogen-bond donors (Lipinski definition) is 2. The third kappa shape index (κ3) is 5.47. The number of amides is 1. The lowest BCUT2D eigenvalue weighted by Crippen LogP contribution is -2.24. The lowest BCUT2D eigenvalue weighted by atomic mass is 10.2. The molecule has 0 aliphatic carbocycles. The third-order valence-corrected chi connectivity index (χ3v) is 4.52. The van der Waals surface area contributed by atoms with Gasteiger partial charge >= 0.3 is 6.09 Å². The van der Waals surface area contributed by atoms with Gasteiger partial charge in [-0.2, -0.15) is 9.97 Å². The van der Waals surface area contributed by atoms with Crippen LogP contribution in [0.3, 0.4) is 0 Å². The molecule has 0 spiro atoms. The standard InChI is InChI=1S/C19H24ClN7O2/c1-26(2)14-7-5-6-13(10-14)11-22-19(28)29-9-4-3-8-27-12-23-15-16(21)24-18(20)25-17(15)27/h5-7,10,12H,3-4,8-9,11H2,1-2H3,(H,22,28)(H2,21,24,25). The van der Waals surface area contributed by atoms with E-state index in [-0.39, 0.29) is 11.1 Å². The zero-order valence-corrected chi connectivity index (χ0v) is 17.2. The normalized spacial score (nSPS) is 10.9. The van der Waals surface area contributed by atoms with Gasteiger partial charge in [0.1, 0.15) is 5.52 Å². The number of imidazole rings is 1. The Kier molecular flexibility index (Phi) is 6.71. The van der Waals surface area contributed by atoms with Crippen molar-refractivity contribution in [2.24, 2.45) is 0 Å². The van der Waals surface area contributed by atoms with Crippen molar-refractivity contribution in [3.63, 3.8) is 0 Å². The van der Waals surface area contributed by atoms with E-state index in [0.29, 0.717) is 37.3 Å². The topological polar surface area (TPSA) is 111 Å². The Balaban J connectivity index is 1.39. The van der Waals surface area contributed by atoms with Crippen LogP contribution in [-0.4, -0.2) is 46.3 Å². The number of nitrogen functional groups attached to an aromatic ring is 1. The Bertz CT molecular complexity index is 990. The molecule has 0 atom stereocenters. The second-order valence-corrected chi connectivity index (χ2v) is 7.09. The molecule has 2 aromatic heterocycles. The van der Waals surface area contributed by atoms with Crippen molar-refractivity contribution in [1.29, 1.82) is 0 Å². The van der Waals surface area contributed by atoms with E-state index in [1.165, 1.54) is 0 Å². The summed E-state index contributed by atoms with van der Waals surface area (Å²) < 4.78 is 7.09. The van der Waals surface area contributed by atoms with Crippen LogP contribution in [-0.2, 0) is 17.8 Å². The lowest BCUT2D eigenvalue weighted by Gasteiger charge is -2.14. The van der Waals surface area contributed by atoms with E-state index in [0.717, 1.165) is 17.7 Å². The molecule has 2 heterocycles. The number of nitrogens with one attached hydrogen (secondary N) is 1. The number of aromatic nitrogens is 4. The summed E-state index contributed by atoms with van der Waals surface area (Å²) in [6, 6.07) is 7.96. The molecule has 1 aromatic carbocycles. The quantitative estimate of drug-likeness (QED) is 0.428.